The van der Waals surface area contributed by atoms with Gasteiger partial charge in [0.15, 0.2) is 0 Å². The third-order valence-corrected chi connectivity index (χ3v) is 4.10. The molecule has 20 heavy (non-hydrogen) atoms. The van der Waals surface area contributed by atoms with Gasteiger partial charge >= 0.3 is 0 Å². The standard InChI is InChI=1S/C16H25N3O/c1-4-16(20,5-2)12-17-11-14-13-9-7-8-10-15(13)19(6-3)18-14/h7-10,17,20H,4-6,11-12H2,1-3H3. The van der Waals surface area contributed by atoms with E-state index in [1.807, 2.05) is 30.7 Å². The van der Waals surface area contributed by atoms with Gasteiger partial charge in [-0.25, -0.2) is 0 Å². The summed E-state index contributed by atoms with van der Waals surface area (Å²) in [7, 11) is 0. The first-order valence-corrected chi connectivity index (χ1v) is 7.51. The van der Waals surface area contributed by atoms with Gasteiger partial charge in [0.1, 0.15) is 0 Å². The number of aliphatic hydroxyl groups is 1. The molecular formula is C16H25N3O. The number of fused-ring (bicyclic) bond motifs is 1. The fraction of sp³-hybridized carbons (Fsp3) is 0.562. The van der Waals surface area contributed by atoms with Gasteiger partial charge in [0, 0.05) is 25.0 Å². The molecule has 1 aromatic carbocycles. The molecule has 2 rings (SSSR count). The molecule has 0 amide bonds. The SMILES string of the molecule is CCn1nc(CNCC(O)(CC)CC)c2ccccc21. The Bertz CT molecular complexity index is 558. The maximum absolute atomic E-state index is 10.3. The molecule has 1 aromatic heterocycles. The molecule has 110 valence electrons. The van der Waals surface area contributed by atoms with Crippen LogP contribution in [0.4, 0.5) is 0 Å². The van der Waals surface area contributed by atoms with Crippen molar-refractivity contribution in [3.05, 3.63) is 30.0 Å². The van der Waals surface area contributed by atoms with Crippen LogP contribution in [0.2, 0.25) is 0 Å². The number of rotatable bonds is 7. The second-order valence-electron chi connectivity index (χ2n) is 5.31. The van der Waals surface area contributed by atoms with Crippen LogP contribution >= 0.6 is 0 Å². The molecule has 0 aliphatic carbocycles. The molecule has 0 aliphatic heterocycles. The molecule has 0 radical (unpaired) electrons. The monoisotopic (exact) mass is 275 g/mol. The highest BCUT2D eigenvalue weighted by Crippen LogP contribution is 2.19. The highest BCUT2D eigenvalue weighted by atomic mass is 16.3. The zero-order valence-electron chi connectivity index (χ0n) is 12.7. The Morgan fingerprint density at radius 3 is 2.55 bits per heavy atom. The molecule has 2 N–H and O–H groups in total. The number of aromatic nitrogens is 2. The van der Waals surface area contributed by atoms with Gasteiger partial charge in [-0.05, 0) is 25.8 Å². The molecule has 0 fully saturated rings. The topological polar surface area (TPSA) is 50.1 Å². The quantitative estimate of drug-likeness (QED) is 0.817. The summed E-state index contributed by atoms with van der Waals surface area (Å²) in [6.07, 6.45) is 1.53. The molecule has 0 saturated carbocycles. The summed E-state index contributed by atoms with van der Waals surface area (Å²) < 4.78 is 2.03. The van der Waals surface area contributed by atoms with E-state index >= 15 is 0 Å². The third-order valence-electron chi connectivity index (χ3n) is 4.10. The molecule has 0 spiro atoms. The van der Waals surface area contributed by atoms with Crippen LogP contribution < -0.4 is 5.32 Å². The normalized spacial score (nSPS) is 12.2. The van der Waals surface area contributed by atoms with Crippen LogP contribution in [0.15, 0.2) is 24.3 Å². The Balaban J connectivity index is 2.11. The van der Waals surface area contributed by atoms with Gasteiger partial charge in [-0.3, -0.25) is 4.68 Å². The fourth-order valence-corrected chi connectivity index (χ4v) is 2.48. The number of hydrogen-bond acceptors (Lipinski definition) is 3. The smallest absolute Gasteiger partial charge is 0.0841 e. The van der Waals surface area contributed by atoms with Crippen molar-refractivity contribution in [2.24, 2.45) is 0 Å². The van der Waals surface area contributed by atoms with Gasteiger partial charge in [0.05, 0.1) is 16.8 Å². The lowest BCUT2D eigenvalue weighted by atomic mass is 9.97. The maximum Gasteiger partial charge on any atom is 0.0841 e. The van der Waals surface area contributed by atoms with E-state index in [9.17, 15) is 5.11 Å². The molecule has 0 bridgehead atoms. The number of benzene rings is 1. The zero-order chi connectivity index (χ0) is 14.6. The Morgan fingerprint density at radius 1 is 1.20 bits per heavy atom. The van der Waals surface area contributed by atoms with Gasteiger partial charge in [0.25, 0.3) is 0 Å². The van der Waals surface area contributed by atoms with Crippen LogP contribution in [-0.4, -0.2) is 27.0 Å². The van der Waals surface area contributed by atoms with Gasteiger partial charge in [0.2, 0.25) is 0 Å². The van der Waals surface area contributed by atoms with Crippen LogP contribution in [0.1, 0.15) is 39.3 Å². The first-order chi connectivity index (χ1) is 9.63. The van der Waals surface area contributed by atoms with Crippen molar-refractivity contribution in [2.75, 3.05) is 6.54 Å². The minimum absolute atomic E-state index is 0.604. The lowest BCUT2D eigenvalue weighted by Crippen LogP contribution is -2.39. The molecule has 0 atom stereocenters. The van der Waals surface area contributed by atoms with E-state index < -0.39 is 5.60 Å². The van der Waals surface area contributed by atoms with Crippen molar-refractivity contribution >= 4 is 10.9 Å². The van der Waals surface area contributed by atoms with Crippen molar-refractivity contribution in [2.45, 2.75) is 52.3 Å². The van der Waals surface area contributed by atoms with Crippen LogP contribution in [0.3, 0.4) is 0 Å². The van der Waals surface area contributed by atoms with Crippen molar-refractivity contribution < 1.29 is 5.11 Å². The summed E-state index contributed by atoms with van der Waals surface area (Å²) in [5.41, 5.74) is 1.62. The highest BCUT2D eigenvalue weighted by Gasteiger charge is 2.21. The Labute approximate surface area is 120 Å². The second kappa shape index (κ2) is 6.37. The minimum atomic E-state index is -0.608. The Hall–Kier alpha value is -1.39. The average molecular weight is 275 g/mol. The van der Waals surface area contributed by atoms with Crippen LogP contribution in [-0.2, 0) is 13.1 Å². The Kier molecular flexibility index (Phi) is 4.78. The Morgan fingerprint density at radius 2 is 1.90 bits per heavy atom. The molecule has 2 aromatic rings. The first-order valence-electron chi connectivity index (χ1n) is 7.51. The molecular weight excluding hydrogens is 250 g/mol. The summed E-state index contributed by atoms with van der Waals surface area (Å²) in [6.45, 7) is 8.31. The van der Waals surface area contributed by atoms with E-state index in [0.29, 0.717) is 13.1 Å². The van der Waals surface area contributed by atoms with Gasteiger partial charge in [-0.15, -0.1) is 0 Å². The number of aryl methyl sites for hydroxylation is 1. The van der Waals surface area contributed by atoms with Crippen molar-refractivity contribution in [1.82, 2.24) is 15.1 Å². The van der Waals surface area contributed by atoms with Crippen LogP contribution in [0, 0.1) is 0 Å². The summed E-state index contributed by atoms with van der Waals surface area (Å²) in [5.74, 6) is 0. The van der Waals surface area contributed by atoms with E-state index in [1.54, 1.807) is 0 Å². The van der Waals surface area contributed by atoms with Gasteiger partial charge < -0.3 is 10.4 Å². The highest BCUT2D eigenvalue weighted by molar-refractivity contribution is 5.81. The average Bonchev–Trinajstić information content (AvgIpc) is 2.85. The molecule has 4 heteroatoms. The van der Waals surface area contributed by atoms with E-state index in [4.69, 9.17) is 0 Å². The minimum Gasteiger partial charge on any atom is -0.389 e. The molecule has 4 nitrogen and oxygen atoms in total. The van der Waals surface area contributed by atoms with E-state index in [1.165, 1.54) is 10.9 Å². The van der Waals surface area contributed by atoms with E-state index in [-0.39, 0.29) is 0 Å². The van der Waals surface area contributed by atoms with Crippen molar-refractivity contribution in [1.29, 1.82) is 0 Å². The lowest BCUT2D eigenvalue weighted by Gasteiger charge is -2.25. The zero-order valence-corrected chi connectivity index (χ0v) is 12.7. The van der Waals surface area contributed by atoms with E-state index in [0.717, 1.165) is 25.1 Å². The number of para-hydroxylation sites is 1. The number of nitrogens with zero attached hydrogens (tertiary/aromatic N) is 2. The summed E-state index contributed by atoms with van der Waals surface area (Å²) in [5, 5.41) is 19.5. The molecule has 1 heterocycles. The third kappa shape index (κ3) is 3.02. The lowest BCUT2D eigenvalue weighted by molar-refractivity contribution is 0.0322. The van der Waals surface area contributed by atoms with Crippen LogP contribution in [0.5, 0.6) is 0 Å². The second-order valence-corrected chi connectivity index (χ2v) is 5.31. The predicted octanol–water partition coefficient (Wildman–Crippen LogP) is 2.70. The first kappa shape index (κ1) is 15.0. The van der Waals surface area contributed by atoms with Crippen molar-refractivity contribution in [3.8, 4) is 0 Å². The van der Waals surface area contributed by atoms with Crippen molar-refractivity contribution in [3.63, 3.8) is 0 Å². The largest absolute Gasteiger partial charge is 0.389 e. The van der Waals surface area contributed by atoms with E-state index in [2.05, 4.69) is 29.5 Å². The number of nitrogens with one attached hydrogen (secondary N) is 1. The number of hydrogen-bond donors (Lipinski definition) is 2. The molecule has 0 unspecified atom stereocenters. The van der Waals surface area contributed by atoms with Crippen LogP contribution in [0.25, 0.3) is 10.9 Å². The summed E-state index contributed by atoms with van der Waals surface area (Å²) in [6, 6.07) is 8.29. The predicted molar refractivity (Wildman–Crippen MR) is 82.6 cm³/mol. The van der Waals surface area contributed by atoms with Gasteiger partial charge in [-0.2, -0.15) is 5.10 Å². The molecule has 0 aliphatic rings. The van der Waals surface area contributed by atoms with Gasteiger partial charge in [-0.1, -0.05) is 32.0 Å². The molecule has 0 saturated heterocycles. The maximum atomic E-state index is 10.3. The fourth-order valence-electron chi connectivity index (χ4n) is 2.48. The summed E-state index contributed by atoms with van der Waals surface area (Å²) in [4.78, 5) is 0. The summed E-state index contributed by atoms with van der Waals surface area (Å²) >= 11 is 0.